The van der Waals surface area contributed by atoms with E-state index in [0.29, 0.717) is 17.3 Å². The molecular weight excluding hydrogens is 366 g/mol. The number of methoxy groups -OCH3 is 1. The van der Waals surface area contributed by atoms with Crippen LogP contribution in [0.2, 0.25) is 0 Å². The van der Waals surface area contributed by atoms with E-state index >= 15 is 0 Å². The number of anilines is 4. The Labute approximate surface area is 169 Å². The average Bonchev–Trinajstić information content (AvgIpc) is 3.29. The van der Waals surface area contributed by atoms with Crippen molar-refractivity contribution in [1.29, 1.82) is 0 Å². The molecule has 0 radical (unpaired) electrons. The number of amides is 1. The topological polar surface area (TPSA) is 79.4 Å². The lowest BCUT2D eigenvalue weighted by Crippen LogP contribution is -2.17. The Balaban J connectivity index is 1.43. The Morgan fingerprint density at radius 3 is 2.55 bits per heavy atom. The molecule has 148 valence electrons. The van der Waals surface area contributed by atoms with Gasteiger partial charge >= 0.3 is 0 Å². The lowest BCUT2D eigenvalue weighted by atomic mass is 10.2. The van der Waals surface area contributed by atoms with Gasteiger partial charge in [-0.15, -0.1) is 0 Å². The molecule has 7 heteroatoms. The maximum absolute atomic E-state index is 12.5. The zero-order valence-electron chi connectivity index (χ0n) is 16.3. The van der Waals surface area contributed by atoms with Crippen molar-refractivity contribution < 1.29 is 9.53 Å². The molecule has 0 bridgehead atoms. The fourth-order valence-corrected chi connectivity index (χ4v) is 3.32. The summed E-state index contributed by atoms with van der Waals surface area (Å²) >= 11 is 0. The van der Waals surface area contributed by atoms with Crippen molar-refractivity contribution in [2.24, 2.45) is 0 Å². The fraction of sp³-hybridized carbons (Fsp3) is 0.227. The van der Waals surface area contributed by atoms with Gasteiger partial charge in [-0.2, -0.15) is 0 Å². The molecule has 1 aliphatic heterocycles. The monoisotopic (exact) mass is 389 g/mol. The van der Waals surface area contributed by atoms with Crippen molar-refractivity contribution >= 4 is 28.8 Å². The van der Waals surface area contributed by atoms with Crippen molar-refractivity contribution in [1.82, 2.24) is 9.97 Å². The molecule has 0 saturated carbocycles. The first-order chi connectivity index (χ1) is 14.2. The number of carbonyl (C=O) groups excluding carboxylic acids is 1. The second-order valence-corrected chi connectivity index (χ2v) is 6.84. The molecule has 2 aromatic carbocycles. The van der Waals surface area contributed by atoms with Crippen LogP contribution in [0.5, 0.6) is 5.75 Å². The fourth-order valence-electron chi connectivity index (χ4n) is 3.32. The number of nitrogens with zero attached hydrogens (tertiary/aromatic N) is 3. The number of aromatic nitrogens is 2. The van der Waals surface area contributed by atoms with Crippen molar-refractivity contribution in [2.75, 3.05) is 35.7 Å². The minimum absolute atomic E-state index is 0.277. The highest BCUT2D eigenvalue weighted by atomic mass is 16.5. The van der Waals surface area contributed by atoms with Crippen molar-refractivity contribution in [2.45, 2.75) is 12.8 Å². The maximum atomic E-state index is 12.5. The first kappa shape index (κ1) is 18.7. The van der Waals surface area contributed by atoms with Crippen LogP contribution in [0.25, 0.3) is 0 Å². The Bertz CT molecular complexity index is 985. The summed E-state index contributed by atoms with van der Waals surface area (Å²) in [5, 5.41) is 6.05. The molecule has 1 saturated heterocycles. The van der Waals surface area contributed by atoms with Gasteiger partial charge in [0.2, 0.25) is 0 Å². The number of hydrogen-bond donors (Lipinski definition) is 2. The van der Waals surface area contributed by atoms with E-state index in [1.807, 2.05) is 24.3 Å². The normalized spacial score (nSPS) is 13.2. The standard InChI is InChI=1S/C22H23N5O2/c1-29-19-6-4-5-17(13-19)26-22(28)20-14-21(24-15-23-20)25-16-7-9-18(10-8-16)27-11-2-3-12-27/h4-10,13-15H,2-3,11-12H2,1H3,(H,26,28)(H,23,24,25). The van der Waals surface area contributed by atoms with Gasteiger partial charge in [-0.25, -0.2) is 9.97 Å². The predicted molar refractivity (Wildman–Crippen MR) is 114 cm³/mol. The second kappa shape index (κ2) is 8.60. The van der Waals surface area contributed by atoms with Gasteiger partial charge in [0, 0.05) is 42.3 Å². The second-order valence-electron chi connectivity index (χ2n) is 6.84. The van der Waals surface area contributed by atoms with Gasteiger partial charge < -0.3 is 20.3 Å². The largest absolute Gasteiger partial charge is 0.497 e. The van der Waals surface area contributed by atoms with Crippen LogP contribution in [0.4, 0.5) is 22.9 Å². The molecule has 2 N–H and O–H groups in total. The van der Waals surface area contributed by atoms with E-state index in [1.165, 1.54) is 24.9 Å². The van der Waals surface area contributed by atoms with E-state index in [4.69, 9.17) is 4.74 Å². The van der Waals surface area contributed by atoms with E-state index in [0.717, 1.165) is 18.8 Å². The molecule has 4 rings (SSSR count). The minimum Gasteiger partial charge on any atom is -0.497 e. The van der Waals surface area contributed by atoms with Crippen LogP contribution in [-0.2, 0) is 0 Å². The van der Waals surface area contributed by atoms with Crippen molar-refractivity contribution in [3.63, 3.8) is 0 Å². The summed E-state index contributed by atoms with van der Waals surface area (Å²) in [6.07, 6.45) is 3.88. The number of benzene rings is 2. The summed E-state index contributed by atoms with van der Waals surface area (Å²) in [6, 6.07) is 17.0. The third kappa shape index (κ3) is 4.63. The van der Waals surface area contributed by atoms with Crippen LogP contribution in [0, 0.1) is 0 Å². The summed E-state index contributed by atoms with van der Waals surface area (Å²) < 4.78 is 5.18. The molecule has 0 atom stereocenters. The molecular formula is C22H23N5O2. The molecule has 7 nitrogen and oxygen atoms in total. The zero-order chi connectivity index (χ0) is 20.1. The SMILES string of the molecule is COc1cccc(NC(=O)c2cc(Nc3ccc(N4CCCC4)cc3)ncn2)c1. The van der Waals surface area contributed by atoms with E-state index in [1.54, 1.807) is 25.3 Å². The molecule has 0 unspecified atom stereocenters. The highest BCUT2D eigenvalue weighted by Crippen LogP contribution is 2.23. The van der Waals surface area contributed by atoms with Crippen LogP contribution < -0.4 is 20.3 Å². The van der Waals surface area contributed by atoms with E-state index in [-0.39, 0.29) is 11.6 Å². The highest BCUT2D eigenvalue weighted by molar-refractivity contribution is 6.03. The summed E-state index contributed by atoms with van der Waals surface area (Å²) in [7, 11) is 1.58. The quantitative estimate of drug-likeness (QED) is 0.661. The first-order valence-electron chi connectivity index (χ1n) is 9.61. The highest BCUT2D eigenvalue weighted by Gasteiger charge is 2.13. The summed E-state index contributed by atoms with van der Waals surface area (Å²) in [5.41, 5.74) is 3.05. The number of nitrogens with one attached hydrogen (secondary N) is 2. The van der Waals surface area contributed by atoms with Gasteiger partial charge in [0.15, 0.2) is 0 Å². The van der Waals surface area contributed by atoms with E-state index in [9.17, 15) is 4.79 Å². The number of carbonyl (C=O) groups is 1. The Morgan fingerprint density at radius 2 is 1.79 bits per heavy atom. The third-order valence-corrected chi connectivity index (χ3v) is 4.84. The number of hydrogen-bond acceptors (Lipinski definition) is 6. The molecule has 1 aromatic heterocycles. The van der Waals surface area contributed by atoms with E-state index < -0.39 is 0 Å². The summed E-state index contributed by atoms with van der Waals surface area (Å²) in [4.78, 5) is 23.2. The molecule has 0 aliphatic carbocycles. The Hall–Kier alpha value is -3.61. The van der Waals surface area contributed by atoms with Crippen LogP contribution in [0.15, 0.2) is 60.9 Å². The number of ether oxygens (including phenoxy) is 1. The lowest BCUT2D eigenvalue weighted by molar-refractivity contribution is 0.102. The van der Waals surface area contributed by atoms with Gasteiger partial charge in [0.1, 0.15) is 23.6 Å². The summed E-state index contributed by atoms with van der Waals surface area (Å²) in [5.74, 6) is 0.919. The van der Waals surface area contributed by atoms with Crippen LogP contribution >= 0.6 is 0 Å². The van der Waals surface area contributed by atoms with Gasteiger partial charge in [-0.3, -0.25) is 4.79 Å². The van der Waals surface area contributed by atoms with Crippen LogP contribution in [-0.4, -0.2) is 36.1 Å². The molecule has 1 fully saturated rings. The third-order valence-electron chi connectivity index (χ3n) is 4.84. The van der Waals surface area contributed by atoms with Gasteiger partial charge in [-0.05, 0) is 49.2 Å². The van der Waals surface area contributed by atoms with Crippen LogP contribution in [0.3, 0.4) is 0 Å². The lowest BCUT2D eigenvalue weighted by Gasteiger charge is -2.17. The van der Waals surface area contributed by atoms with Gasteiger partial charge in [0.25, 0.3) is 5.91 Å². The molecule has 3 aromatic rings. The van der Waals surface area contributed by atoms with Gasteiger partial charge in [-0.1, -0.05) is 6.07 Å². The van der Waals surface area contributed by atoms with E-state index in [2.05, 4.69) is 37.6 Å². The molecule has 0 spiro atoms. The predicted octanol–water partition coefficient (Wildman–Crippen LogP) is 4.08. The minimum atomic E-state index is -0.312. The average molecular weight is 389 g/mol. The van der Waals surface area contributed by atoms with Crippen molar-refractivity contribution in [3.05, 3.63) is 66.6 Å². The zero-order valence-corrected chi connectivity index (χ0v) is 16.3. The summed E-state index contributed by atoms with van der Waals surface area (Å²) in [6.45, 7) is 2.23. The smallest absolute Gasteiger partial charge is 0.274 e. The number of rotatable bonds is 6. The Kier molecular flexibility index (Phi) is 5.56. The Morgan fingerprint density at radius 1 is 1.00 bits per heavy atom. The molecule has 1 amide bonds. The molecule has 2 heterocycles. The molecule has 1 aliphatic rings. The van der Waals surface area contributed by atoms with Crippen LogP contribution in [0.1, 0.15) is 23.3 Å². The van der Waals surface area contributed by atoms with Gasteiger partial charge in [0.05, 0.1) is 7.11 Å². The maximum Gasteiger partial charge on any atom is 0.274 e. The first-order valence-corrected chi connectivity index (χ1v) is 9.61. The van der Waals surface area contributed by atoms with Crippen molar-refractivity contribution in [3.8, 4) is 5.75 Å². The molecule has 29 heavy (non-hydrogen) atoms.